The first kappa shape index (κ1) is 19.6. The fraction of sp³-hybridized carbons (Fsp3) is 0.130. The SMILES string of the molecule is Cc1cc(C)cc(NC(=O)C(OC(=O)/C=C/c2cccs2)c2ccccc2)c1. The molecule has 4 nitrogen and oxygen atoms in total. The summed E-state index contributed by atoms with van der Waals surface area (Å²) in [5.74, 6) is -0.966. The molecule has 1 heterocycles. The first-order chi connectivity index (χ1) is 13.5. The third kappa shape index (κ3) is 5.41. The van der Waals surface area contributed by atoms with Gasteiger partial charge in [-0.1, -0.05) is 42.5 Å². The molecule has 3 aromatic rings. The van der Waals surface area contributed by atoms with Crippen molar-refractivity contribution in [2.24, 2.45) is 0 Å². The predicted octanol–water partition coefficient (Wildman–Crippen LogP) is 5.30. The summed E-state index contributed by atoms with van der Waals surface area (Å²) in [5, 5.41) is 4.78. The highest BCUT2D eigenvalue weighted by Crippen LogP contribution is 2.22. The Bertz CT molecular complexity index is 958. The molecule has 0 fully saturated rings. The number of ether oxygens (including phenoxy) is 1. The minimum absolute atomic E-state index is 0.394. The lowest BCUT2D eigenvalue weighted by Gasteiger charge is -2.17. The predicted molar refractivity (Wildman–Crippen MR) is 113 cm³/mol. The first-order valence-electron chi connectivity index (χ1n) is 8.87. The third-order valence-corrected chi connectivity index (χ3v) is 4.83. The molecule has 0 radical (unpaired) electrons. The number of amides is 1. The molecule has 5 heteroatoms. The zero-order chi connectivity index (χ0) is 19.9. The maximum absolute atomic E-state index is 12.9. The molecule has 28 heavy (non-hydrogen) atoms. The van der Waals surface area contributed by atoms with Gasteiger partial charge in [0.05, 0.1) is 0 Å². The van der Waals surface area contributed by atoms with E-state index in [1.54, 1.807) is 18.2 Å². The molecule has 1 N–H and O–H groups in total. The highest BCUT2D eigenvalue weighted by molar-refractivity contribution is 7.10. The molecule has 0 saturated carbocycles. The van der Waals surface area contributed by atoms with Crippen molar-refractivity contribution in [1.82, 2.24) is 0 Å². The number of anilines is 1. The van der Waals surface area contributed by atoms with Crippen LogP contribution < -0.4 is 5.32 Å². The summed E-state index contributed by atoms with van der Waals surface area (Å²) in [7, 11) is 0. The molecular formula is C23H21NO3S. The number of carbonyl (C=O) groups excluding carboxylic acids is 2. The van der Waals surface area contributed by atoms with E-state index in [1.807, 2.05) is 67.8 Å². The summed E-state index contributed by atoms with van der Waals surface area (Å²) in [6.45, 7) is 3.93. The van der Waals surface area contributed by atoms with Crippen LogP contribution in [0, 0.1) is 13.8 Å². The van der Waals surface area contributed by atoms with Crippen LogP contribution in [0.3, 0.4) is 0 Å². The summed E-state index contributed by atoms with van der Waals surface area (Å²) in [4.78, 5) is 26.1. The molecule has 1 aromatic heterocycles. The van der Waals surface area contributed by atoms with Gasteiger partial charge in [0, 0.05) is 22.2 Å². The lowest BCUT2D eigenvalue weighted by Crippen LogP contribution is -2.25. The fourth-order valence-electron chi connectivity index (χ4n) is 2.85. The second-order valence-corrected chi connectivity index (χ2v) is 7.42. The molecule has 0 aliphatic carbocycles. The third-order valence-electron chi connectivity index (χ3n) is 3.99. The Balaban J connectivity index is 1.78. The average molecular weight is 391 g/mol. The summed E-state index contributed by atoms with van der Waals surface area (Å²) in [5.41, 5.74) is 3.38. The van der Waals surface area contributed by atoms with Crippen molar-refractivity contribution in [1.29, 1.82) is 0 Å². The van der Waals surface area contributed by atoms with Crippen LogP contribution in [0.15, 0.2) is 72.1 Å². The Morgan fingerprint density at radius 1 is 1.00 bits per heavy atom. The fourth-order valence-corrected chi connectivity index (χ4v) is 3.47. The second kappa shape index (κ2) is 9.15. The molecule has 0 saturated heterocycles. The minimum Gasteiger partial charge on any atom is -0.444 e. The Labute approximate surface area is 168 Å². The molecule has 0 aliphatic heterocycles. The van der Waals surface area contributed by atoms with Crippen LogP contribution in [0.5, 0.6) is 0 Å². The normalized spacial score (nSPS) is 11.9. The quantitative estimate of drug-likeness (QED) is 0.458. The number of hydrogen-bond donors (Lipinski definition) is 1. The van der Waals surface area contributed by atoms with Gasteiger partial charge in [-0.25, -0.2) is 4.79 Å². The highest BCUT2D eigenvalue weighted by atomic mass is 32.1. The number of nitrogens with one attached hydrogen (secondary N) is 1. The number of esters is 1. The van der Waals surface area contributed by atoms with Crippen molar-refractivity contribution in [3.63, 3.8) is 0 Å². The van der Waals surface area contributed by atoms with Gasteiger partial charge < -0.3 is 10.1 Å². The van der Waals surface area contributed by atoms with E-state index in [2.05, 4.69) is 5.32 Å². The van der Waals surface area contributed by atoms with Crippen molar-refractivity contribution in [3.8, 4) is 0 Å². The topological polar surface area (TPSA) is 55.4 Å². The molecule has 0 bridgehead atoms. The molecule has 1 amide bonds. The van der Waals surface area contributed by atoms with Gasteiger partial charge in [-0.2, -0.15) is 0 Å². The Kier molecular flexibility index (Phi) is 6.40. The van der Waals surface area contributed by atoms with Gasteiger partial charge in [-0.15, -0.1) is 11.3 Å². The van der Waals surface area contributed by atoms with E-state index in [4.69, 9.17) is 4.74 Å². The van der Waals surface area contributed by atoms with Crippen molar-refractivity contribution in [2.75, 3.05) is 5.32 Å². The van der Waals surface area contributed by atoms with Gasteiger partial charge in [-0.3, -0.25) is 4.79 Å². The van der Waals surface area contributed by atoms with E-state index in [0.29, 0.717) is 11.3 Å². The smallest absolute Gasteiger partial charge is 0.331 e. The van der Waals surface area contributed by atoms with E-state index < -0.39 is 18.0 Å². The minimum atomic E-state index is -1.04. The number of rotatable bonds is 6. The summed E-state index contributed by atoms with van der Waals surface area (Å²) >= 11 is 1.52. The van der Waals surface area contributed by atoms with Crippen molar-refractivity contribution in [2.45, 2.75) is 20.0 Å². The van der Waals surface area contributed by atoms with Gasteiger partial charge in [0.1, 0.15) is 0 Å². The van der Waals surface area contributed by atoms with E-state index in [0.717, 1.165) is 16.0 Å². The maximum atomic E-state index is 12.9. The van der Waals surface area contributed by atoms with Crippen molar-refractivity contribution >= 4 is 35.0 Å². The van der Waals surface area contributed by atoms with Gasteiger partial charge in [0.25, 0.3) is 5.91 Å². The van der Waals surface area contributed by atoms with Crippen LogP contribution in [0.25, 0.3) is 6.08 Å². The molecule has 0 aliphatic rings. The summed E-state index contributed by atoms with van der Waals surface area (Å²) in [6, 6.07) is 18.6. The van der Waals surface area contributed by atoms with Crippen molar-refractivity contribution < 1.29 is 14.3 Å². The number of benzene rings is 2. The van der Waals surface area contributed by atoms with Crippen LogP contribution in [0.4, 0.5) is 5.69 Å². The maximum Gasteiger partial charge on any atom is 0.331 e. The largest absolute Gasteiger partial charge is 0.444 e. The van der Waals surface area contributed by atoms with E-state index in [-0.39, 0.29) is 0 Å². The monoisotopic (exact) mass is 391 g/mol. The second-order valence-electron chi connectivity index (χ2n) is 6.44. The first-order valence-corrected chi connectivity index (χ1v) is 9.75. The van der Waals surface area contributed by atoms with Crippen LogP contribution in [-0.4, -0.2) is 11.9 Å². The molecule has 1 atom stereocenters. The van der Waals surface area contributed by atoms with Crippen LogP contribution >= 0.6 is 11.3 Å². The lowest BCUT2D eigenvalue weighted by atomic mass is 10.1. The van der Waals surface area contributed by atoms with Gasteiger partial charge in [-0.05, 0) is 54.6 Å². The highest BCUT2D eigenvalue weighted by Gasteiger charge is 2.24. The van der Waals surface area contributed by atoms with Crippen LogP contribution in [-0.2, 0) is 14.3 Å². The summed E-state index contributed by atoms with van der Waals surface area (Å²) < 4.78 is 5.50. The standard InChI is InChI=1S/C23H21NO3S/c1-16-13-17(2)15-19(14-16)24-23(26)22(18-7-4-3-5-8-18)27-21(25)11-10-20-9-6-12-28-20/h3-15,22H,1-2H3,(H,24,26)/b11-10+. The van der Waals surface area contributed by atoms with Gasteiger partial charge >= 0.3 is 5.97 Å². The average Bonchev–Trinajstić information content (AvgIpc) is 3.18. The molecule has 2 aromatic carbocycles. The molecule has 142 valence electrons. The van der Waals surface area contributed by atoms with Crippen molar-refractivity contribution in [3.05, 3.63) is 93.7 Å². The molecule has 0 spiro atoms. The number of aryl methyl sites for hydroxylation is 2. The number of thiophene rings is 1. The molecule has 1 unspecified atom stereocenters. The lowest BCUT2D eigenvalue weighted by molar-refractivity contribution is -0.149. The van der Waals surface area contributed by atoms with E-state index in [1.165, 1.54) is 17.4 Å². The zero-order valence-electron chi connectivity index (χ0n) is 15.7. The van der Waals surface area contributed by atoms with Crippen LogP contribution in [0.1, 0.15) is 27.7 Å². The van der Waals surface area contributed by atoms with E-state index >= 15 is 0 Å². The van der Waals surface area contributed by atoms with Gasteiger partial charge in [0.2, 0.25) is 6.10 Å². The number of carbonyl (C=O) groups is 2. The molecular weight excluding hydrogens is 370 g/mol. The molecule has 3 rings (SSSR count). The van der Waals surface area contributed by atoms with Crippen LogP contribution in [0.2, 0.25) is 0 Å². The Morgan fingerprint density at radius 2 is 1.71 bits per heavy atom. The van der Waals surface area contributed by atoms with Gasteiger partial charge in [0.15, 0.2) is 0 Å². The Hall–Kier alpha value is -3.18. The Morgan fingerprint density at radius 3 is 2.36 bits per heavy atom. The summed E-state index contributed by atoms with van der Waals surface area (Å²) in [6.07, 6.45) is 1.98. The van der Waals surface area contributed by atoms with E-state index in [9.17, 15) is 9.59 Å². The zero-order valence-corrected chi connectivity index (χ0v) is 16.5. The number of hydrogen-bond acceptors (Lipinski definition) is 4.